The van der Waals surface area contributed by atoms with Gasteiger partial charge in [0.1, 0.15) is 0 Å². The quantitative estimate of drug-likeness (QED) is 0.493. The van der Waals surface area contributed by atoms with Gasteiger partial charge in [-0.2, -0.15) is 0 Å². The molecule has 14 heavy (non-hydrogen) atoms. The van der Waals surface area contributed by atoms with Crippen LogP contribution in [0.4, 0.5) is 0 Å². The van der Waals surface area contributed by atoms with Gasteiger partial charge in [-0.15, -0.1) is 0 Å². The molecule has 0 bridgehead atoms. The number of unbranched alkanes of at least 4 members (excludes halogenated alkanes) is 3. The Labute approximate surface area is 83.9 Å². The molecule has 4 nitrogen and oxygen atoms in total. The van der Waals surface area contributed by atoms with Gasteiger partial charge in [0, 0.05) is 17.9 Å². The SMILES string of the molecule is CCCCCCC(CC(=O)[O-])C(=O)[O-]. The van der Waals surface area contributed by atoms with Crippen molar-refractivity contribution in [3.63, 3.8) is 0 Å². The molecule has 1 unspecified atom stereocenters. The smallest absolute Gasteiger partial charge is 0.0449 e. The maximum Gasteiger partial charge on any atom is 0.0449 e. The highest BCUT2D eigenvalue weighted by atomic mass is 16.4. The first-order valence-corrected chi connectivity index (χ1v) is 4.98. The summed E-state index contributed by atoms with van der Waals surface area (Å²) in [5.74, 6) is -3.50. The first-order valence-electron chi connectivity index (χ1n) is 4.98. The summed E-state index contributed by atoms with van der Waals surface area (Å²) < 4.78 is 0. The summed E-state index contributed by atoms with van der Waals surface area (Å²) in [6.45, 7) is 2.05. The highest BCUT2D eigenvalue weighted by Gasteiger charge is 2.09. The molecular formula is C10H16O4-2. The third-order valence-electron chi connectivity index (χ3n) is 2.15. The fourth-order valence-electron chi connectivity index (χ4n) is 1.32. The molecule has 0 aliphatic rings. The highest BCUT2D eigenvalue weighted by molar-refractivity contribution is 5.75. The summed E-state index contributed by atoms with van der Waals surface area (Å²) in [5, 5.41) is 20.7. The molecule has 0 aromatic carbocycles. The Kier molecular flexibility index (Phi) is 6.80. The Hall–Kier alpha value is -1.06. The van der Waals surface area contributed by atoms with Gasteiger partial charge in [-0.25, -0.2) is 0 Å². The second-order valence-electron chi connectivity index (χ2n) is 3.44. The normalized spacial score (nSPS) is 12.4. The van der Waals surface area contributed by atoms with Gasteiger partial charge in [-0.1, -0.05) is 32.6 Å². The standard InChI is InChI=1S/C10H18O4/c1-2-3-4-5-6-8(10(13)14)7-9(11)12/h8H,2-7H2,1H3,(H,11,12)(H,13,14)/p-2. The van der Waals surface area contributed by atoms with Crippen LogP contribution >= 0.6 is 0 Å². The molecule has 0 N–H and O–H groups in total. The van der Waals surface area contributed by atoms with Crippen LogP contribution in [0, 0.1) is 5.92 Å². The number of rotatable bonds is 8. The van der Waals surface area contributed by atoms with Crippen molar-refractivity contribution in [2.45, 2.75) is 45.4 Å². The Morgan fingerprint density at radius 2 is 1.79 bits per heavy atom. The van der Waals surface area contributed by atoms with E-state index in [2.05, 4.69) is 6.92 Å². The number of carbonyl (C=O) groups excluding carboxylic acids is 2. The number of hydrogen-bond acceptors (Lipinski definition) is 4. The second kappa shape index (κ2) is 7.35. The lowest BCUT2D eigenvalue weighted by Crippen LogP contribution is -2.36. The van der Waals surface area contributed by atoms with Gasteiger partial charge in [-0.3, -0.25) is 0 Å². The van der Waals surface area contributed by atoms with Crippen LogP contribution in [0.3, 0.4) is 0 Å². The molecule has 0 saturated carbocycles. The monoisotopic (exact) mass is 200 g/mol. The molecule has 0 aliphatic heterocycles. The fourth-order valence-corrected chi connectivity index (χ4v) is 1.32. The van der Waals surface area contributed by atoms with Crippen molar-refractivity contribution >= 4 is 11.9 Å². The van der Waals surface area contributed by atoms with Crippen molar-refractivity contribution in [1.29, 1.82) is 0 Å². The molecule has 0 radical (unpaired) electrons. The van der Waals surface area contributed by atoms with Crippen molar-refractivity contribution in [2.24, 2.45) is 5.92 Å². The van der Waals surface area contributed by atoms with Crippen LogP contribution in [0.25, 0.3) is 0 Å². The molecule has 0 amide bonds. The Morgan fingerprint density at radius 1 is 1.14 bits per heavy atom. The van der Waals surface area contributed by atoms with Crippen LogP contribution in [0.1, 0.15) is 45.4 Å². The molecule has 82 valence electrons. The molecule has 0 aromatic rings. The van der Waals surface area contributed by atoms with Crippen molar-refractivity contribution in [1.82, 2.24) is 0 Å². The molecule has 0 aliphatic carbocycles. The van der Waals surface area contributed by atoms with Gasteiger partial charge in [0.15, 0.2) is 0 Å². The van der Waals surface area contributed by atoms with E-state index < -0.39 is 24.3 Å². The lowest BCUT2D eigenvalue weighted by molar-refractivity contribution is -0.321. The van der Waals surface area contributed by atoms with E-state index in [4.69, 9.17) is 0 Å². The summed E-state index contributed by atoms with van der Waals surface area (Å²) in [5.41, 5.74) is 0. The average Bonchev–Trinajstić information content (AvgIpc) is 2.09. The van der Waals surface area contributed by atoms with Gasteiger partial charge in [0.05, 0.1) is 0 Å². The largest absolute Gasteiger partial charge is 0.550 e. The van der Waals surface area contributed by atoms with Crippen molar-refractivity contribution in [3.05, 3.63) is 0 Å². The van der Waals surface area contributed by atoms with E-state index in [1.54, 1.807) is 0 Å². The van der Waals surface area contributed by atoms with Gasteiger partial charge in [0.2, 0.25) is 0 Å². The third-order valence-corrected chi connectivity index (χ3v) is 2.15. The maximum absolute atomic E-state index is 10.5. The molecule has 0 fully saturated rings. The summed E-state index contributed by atoms with van der Waals surface area (Å²) in [6, 6.07) is 0. The summed E-state index contributed by atoms with van der Waals surface area (Å²) in [6.07, 6.45) is 3.72. The van der Waals surface area contributed by atoms with E-state index >= 15 is 0 Å². The number of carboxylic acid groups (broad SMARTS) is 2. The zero-order valence-corrected chi connectivity index (χ0v) is 8.45. The minimum atomic E-state index is -1.32. The zero-order valence-electron chi connectivity index (χ0n) is 8.45. The van der Waals surface area contributed by atoms with Gasteiger partial charge in [-0.05, 0) is 12.8 Å². The summed E-state index contributed by atoms with van der Waals surface area (Å²) in [7, 11) is 0. The fraction of sp³-hybridized carbons (Fsp3) is 0.800. The molecule has 0 heterocycles. The van der Waals surface area contributed by atoms with E-state index in [9.17, 15) is 19.8 Å². The number of carboxylic acids is 2. The Balaban J connectivity index is 3.74. The lowest BCUT2D eigenvalue weighted by atomic mass is 9.98. The van der Waals surface area contributed by atoms with E-state index in [1.807, 2.05) is 0 Å². The van der Waals surface area contributed by atoms with Crippen LogP contribution < -0.4 is 10.2 Å². The molecular weight excluding hydrogens is 184 g/mol. The first kappa shape index (κ1) is 12.9. The van der Waals surface area contributed by atoms with Gasteiger partial charge in [0.25, 0.3) is 0 Å². The number of aliphatic carboxylic acids is 2. The summed E-state index contributed by atoms with van der Waals surface area (Å²) >= 11 is 0. The van der Waals surface area contributed by atoms with Crippen LogP contribution in [-0.4, -0.2) is 11.9 Å². The van der Waals surface area contributed by atoms with E-state index in [1.165, 1.54) is 0 Å². The molecule has 4 heteroatoms. The maximum atomic E-state index is 10.5. The summed E-state index contributed by atoms with van der Waals surface area (Å²) in [4.78, 5) is 20.7. The predicted molar refractivity (Wildman–Crippen MR) is 46.9 cm³/mol. The second-order valence-corrected chi connectivity index (χ2v) is 3.44. The van der Waals surface area contributed by atoms with Crippen LogP contribution in [0.5, 0.6) is 0 Å². The molecule has 0 aromatic heterocycles. The molecule has 0 spiro atoms. The van der Waals surface area contributed by atoms with Crippen molar-refractivity contribution in [3.8, 4) is 0 Å². The minimum absolute atomic E-state index is 0.371. The third kappa shape index (κ3) is 6.46. The predicted octanol–water partition coefficient (Wildman–Crippen LogP) is -0.537. The van der Waals surface area contributed by atoms with E-state index in [0.717, 1.165) is 25.7 Å². The van der Waals surface area contributed by atoms with E-state index in [-0.39, 0.29) is 0 Å². The highest BCUT2D eigenvalue weighted by Crippen LogP contribution is 2.13. The van der Waals surface area contributed by atoms with Crippen molar-refractivity contribution in [2.75, 3.05) is 0 Å². The lowest BCUT2D eigenvalue weighted by Gasteiger charge is -2.18. The average molecular weight is 200 g/mol. The van der Waals surface area contributed by atoms with Crippen LogP contribution in [-0.2, 0) is 9.59 Å². The molecule has 0 saturated heterocycles. The Morgan fingerprint density at radius 3 is 2.21 bits per heavy atom. The zero-order chi connectivity index (χ0) is 11.0. The van der Waals surface area contributed by atoms with Crippen LogP contribution in [0.15, 0.2) is 0 Å². The topological polar surface area (TPSA) is 80.3 Å². The minimum Gasteiger partial charge on any atom is -0.550 e. The number of carbonyl (C=O) groups is 2. The molecule has 0 rings (SSSR count). The van der Waals surface area contributed by atoms with Crippen molar-refractivity contribution < 1.29 is 19.8 Å². The molecule has 1 atom stereocenters. The van der Waals surface area contributed by atoms with Gasteiger partial charge < -0.3 is 19.8 Å². The van der Waals surface area contributed by atoms with Crippen LogP contribution in [0.2, 0.25) is 0 Å². The van der Waals surface area contributed by atoms with E-state index in [0.29, 0.717) is 6.42 Å². The first-order chi connectivity index (χ1) is 6.57. The van der Waals surface area contributed by atoms with Gasteiger partial charge >= 0.3 is 0 Å². The Bertz CT molecular complexity index is 189. The number of hydrogen-bond donors (Lipinski definition) is 0.